The molecular weight excluding hydrogens is 292 g/mol. The number of sulfonamides is 2. The third-order valence-electron chi connectivity index (χ3n) is 2.31. The van der Waals surface area contributed by atoms with E-state index in [4.69, 9.17) is 5.84 Å². The summed E-state index contributed by atoms with van der Waals surface area (Å²) in [7, 11) is -6.01. The number of benzene rings is 1. The molecule has 19 heavy (non-hydrogen) atoms. The van der Waals surface area contributed by atoms with E-state index in [2.05, 4.69) is 14.9 Å². The van der Waals surface area contributed by atoms with Gasteiger partial charge in [-0.3, -0.25) is 5.84 Å². The van der Waals surface area contributed by atoms with Crippen molar-refractivity contribution in [3.8, 4) is 0 Å². The first kappa shape index (κ1) is 15.9. The summed E-state index contributed by atoms with van der Waals surface area (Å²) in [5, 5.41) is 0. The number of hydrazine groups is 1. The van der Waals surface area contributed by atoms with Crippen molar-refractivity contribution in [3.63, 3.8) is 0 Å². The number of nitrogens with two attached hydrogens (primary N) is 1. The molecule has 0 aliphatic carbocycles. The molecule has 1 rings (SSSR count). The molecule has 0 atom stereocenters. The van der Waals surface area contributed by atoms with Crippen molar-refractivity contribution in [2.24, 2.45) is 5.84 Å². The molecule has 1 aromatic carbocycles. The van der Waals surface area contributed by atoms with Gasteiger partial charge in [0.25, 0.3) is 0 Å². The number of hydrogen-bond acceptors (Lipinski definition) is 6. The van der Waals surface area contributed by atoms with E-state index >= 15 is 0 Å². The molecule has 0 bridgehead atoms. The monoisotopic (exact) mass is 308 g/mol. The molecule has 1 aromatic rings. The summed E-state index contributed by atoms with van der Waals surface area (Å²) >= 11 is 0. The summed E-state index contributed by atoms with van der Waals surface area (Å²) in [5.74, 6) is 4.87. The molecular formula is C9H16N4O4S2. The Morgan fingerprint density at radius 2 is 1.79 bits per heavy atom. The topological polar surface area (TPSA) is 130 Å². The van der Waals surface area contributed by atoms with Crippen molar-refractivity contribution in [2.75, 3.05) is 24.8 Å². The van der Waals surface area contributed by atoms with Gasteiger partial charge >= 0.3 is 0 Å². The van der Waals surface area contributed by atoms with Gasteiger partial charge in [-0.25, -0.2) is 26.3 Å². The minimum absolute atomic E-state index is 0.0423. The van der Waals surface area contributed by atoms with Gasteiger partial charge in [-0.1, -0.05) is 12.1 Å². The first-order valence-corrected chi connectivity index (χ1v) is 8.42. The maximum absolute atomic E-state index is 12.0. The lowest BCUT2D eigenvalue weighted by Gasteiger charge is -2.10. The van der Waals surface area contributed by atoms with Crippen LogP contribution in [0.2, 0.25) is 0 Å². The molecule has 0 saturated heterocycles. The summed E-state index contributed by atoms with van der Waals surface area (Å²) in [4.78, 5) is -0.0423. The molecule has 5 N–H and O–H groups in total. The third-order valence-corrected chi connectivity index (χ3v) is 5.19. The van der Waals surface area contributed by atoms with Crippen LogP contribution in [0.5, 0.6) is 0 Å². The molecule has 0 spiro atoms. The van der Waals surface area contributed by atoms with Crippen LogP contribution in [-0.4, -0.2) is 36.2 Å². The van der Waals surface area contributed by atoms with Crippen molar-refractivity contribution in [3.05, 3.63) is 24.3 Å². The molecule has 0 amide bonds. The number of para-hydroxylation sites is 1. The fourth-order valence-electron chi connectivity index (χ4n) is 1.31. The van der Waals surface area contributed by atoms with Gasteiger partial charge in [0.2, 0.25) is 20.0 Å². The standard InChI is InChI=1S/C9H16N4O4S2/c1-11-18(14,15)7-6-12-19(16,17)9-5-3-2-4-8(9)13-10/h2-5,11-13H,6-7,10H2,1H3. The molecule has 0 aromatic heterocycles. The highest BCUT2D eigenvalue weighted by molar-refractivity contribution is 7.90. The predicted molar refractivity (Wildman–Crippen MR) is 72.3 cm³/mol. The Bertz CT molecular complexity index is 627. The van der Waals surface area contributed by atoms with E-state index in [1.165, 1.54) is 19.2 Å². The van der Waals surface area contributed by atoms with Gasteiger partial charge in [-0.15, -0.1) is 0 Å². The average molecular weight is 308 g/mol. The fourth-order valence-corrected chi connectivity index (χ4v) is 3.22. The van der Waals surface area contributed by atoms with Crippen molar-refractivity contribution in [2.45, 2.75) is 4.90 Å². The third kappa shape index (κ3) is 4.44. The Kier molecular flexibility index (Phi) is 5.26. The summed E-state index contributed by atoms with van der Waals surface area (Å²) in [6.45, 7) is -0.232. The van der Waals surface area contributed by atoms with Crippen molar-refractivity contribution in [1.82, 2.24) is 9.44 Å². The Balaban J connectivity index is 2.82. The highest BCUT2D eigenvalue weighted by atomic mass is 32.2. The Labute approximate surface area is 112 Å². The molecule has 10 heteroatoms. The Morgan fingerprint density at radius 3 is 2.37 bits per heavy atom. The molecule has 0 saturated carbocycles. The number of hydrogen-bond donors (Lipinski definition) is 4. The molecule has 0 radical (unpaired) electrons. The molecule has 108 valence electrons. The van der Waals surface area contributed by atoms with Gasteiger partial charge < -0.3 is 5.43 Å². The second-order valence-electron chi connectivity index (χ2n) is 3.56. The zero-order chi connectivity index (χ0) is 14.5. The van der Waals surface area contributed by atoms with E-state index in [1.54, 1.807) is 12.1 Å². The van der Waals surface area contributed by atoms with E-state index in [-0.39, 0.29) is 22.9 Å². The highest BCUT2D eigenvalue weighted by Crippen LogP contribution is 2.18. The number of nitrogens with one attached hydrogen (secondary N) is 3. The number of nitrogen functional groups attached to an aromatic ring is 1. The zero-order valence-corrected chi connectivity index (χ0v) is 11.9. The van der Waals surface area contributed by atoms with Crippen LogP contribution >= 0.6 is 0 Å². The molecule has 0 unspecified atom stereocenters. The molecule has 0 heterocycles. The molecule has 8 nitrogen and oxygen atoms in total. The summed E-state index contributed by atoms with van der Waals surface area (Å²) < 4.78 is 50.6. The van der Waals surface area contributed by atoms with E-state index in [0.29, 0.717) is 0 Å². The lowest BCUT2D eigenvalue weighted by molar-refractivity contribution is 0.579. The van der Waals surface area contributed by atoms with E-state index in [9.17, 15) is 16.8 Å². The normalized spacial score (nSPS) is 12.3. The predicted octanol–water partition coefficient (Wildman–Crippen LogP) is -1.20. The van der Waals surface area contributed by atoms with Gasteiger partial charge in [0.05, 0.1) is 11.4 Å². The van der Waals surface area contributed by atoms with Crippen LogP contribution in [0.15, 0.2) is 29.2 Å². The van der Waals surface area contributed by atoms with Crippen LogP contribution in [0.1, 0.15) is 0 Å². The Hall–Kier alpha value is -1.20. The summed E-state index contributed by atoms with van der Waals surface area (Å²) in [6, 6.07) is 6.03. The maximum Gasteiger partial charge on any atom is 0.242 e. The maximum atomic E-state index is 12.0. The lowest BCUT2D eigenvalue weighted by Crippen LogP contribution is -2.33. The van der Waals surface area contributed by atoms with Crippen LogP contribution in [0, 0.1) is 0 Å². The SMILES string of the molecule is CNS(=O)(=O)CCNS(=O)(=O)c1ccccc1NN. The Morgan fingerprint density at radius 1 is 1.16 bits per heavy atom. The van der Waals surface area contributed by atoms with Crippen molar-refractivity contribution < 1.29 is 16.8 Å². The van der Waals surface area contributed by atoms with Gasteiger partial charge in [-0.2, -0.15) is 0 Å². The average Bonchev–Trinajstić information content (AvgIpc) is 2.38. The quantitative estimate of drug-likeness (QED) is 0.370. The van der Waals surface area contributed by atoms with Crippen LogP contribution in [0.3, 0.4) is 0 Å². The number of rotatable bonds is 7. The van der Waals surface area contributed by atoms with Crippen LogP contribution in [0.4, 0.5) is 5.69 Å². The molecule has 0 aliphatic rings. The van der Waals surface area contributed by atoms with E-state index < -0.39 is 20.0 Å². The number of anilines is 1. The van der Waals surface area contributed by atoms with E-state index in [1.807, 2.05) is 0 Å². The van der Waals surface area contributed by atoms with E-state index in [0.717, 1.165) is 0 Å². The van der Waals surface area contributed by atoms with Gasteiger partial charge in [-0.05, 0) is 19.2 Å². The minimum atomic E-state index is -3.82. The molecule has 0 fully saturated rings. The fraction of sp³-hybridized carbons (Fsp3) is 0.333. The van der Waals surface area contributed by atoms with Crippen LogP contribution in [0.25, 0.3) is 0 Å². The zero-order valence-electron chi connectivity index (χ0n) is 10.3. The highest BCUT2D eigenvalue weighted by Gasteiger charge is 2.18. The molecule has 0 aliphatic heterocycles. The smallest absolute Gasteiger partial charge is 0.242 e. The van der Waals surface area contributed by atoms with Crippen LogP contribution in [-0.2, 0) is 20.0 Å². The van der Waals surface area contributed by atoms with Gasteiger partial charge in [0.15, 0.2) is 0 Å². The van der Waals surface area contributed by atoms with Crippen molar-refractivity contribution in [1.29, 1.82) is 0 Å². The van der Waals surface area contributed by atoms with Crippen LogP contribution < -0.4 is 20.7 Å². The summed E-state index contributed by atoms with van der Waals surface area (Å²) in [5.41, 5.74) is 2.50. The minimum Gasteiger partial charge on any atom is -0.323 e. The lowest BCUT2D eigenvalue weighted by atomic mass is 10.3. The second kappa shape index (κ2) is 6.30. The van der Waals surface area contributed by atoms with Gasteiger partial charge in [0.1, 0.15) is 4.90 Å². The first-order chi connectivity index (χ1) is 8.82. The second-order valence-corrected chi connectivity index (χ2v) is 7.34. The van der Waals surface area contributed by atoms with Gasteiger partial charge in [0, 0.05) is 6.54 Å². The first-order valence-electron chi connectivity index (χ1n) is 5.29. The summed E-state index contributed by atoms with van der Waals surface area (Å²) in [6.07, 6.45) is 0. The largest absolute Gasteiger partial charge is 0.323 e. The van der Waals surface area contributed by atoms with Crippen molar-refractivity contribution >= 4 is 25.7 Å².